The molecule has 2 heterocycles. The first kappa shape index (κ1) is 23.8. The Morgan fingerprint density at radius 1 is 1.08 bits per heavy atom. The summed E-state index contributed by atoms with van der Waals surface area (Å²) in [6.07, 6.45) is 6.58. The van der Waals surface area contributed by atoms with E-state index in [9.17, 15) is 4.79 Å². The van der Waals surface area contributed by atoms with Crippen LogP contribution >= 0.6 is 12.2 Å². The number of amides is 1. The lowest BCUT2D eigenvalue weighted by atomic mass is 9.77. The molecule has 184 valence electrons. The van der Waals surface area contributed by atoms with Gasteiger partial charge in [0.05, 0.1) is 32.2 Å². The van der Waals surface area contributed by atoms with E-state index in [1.54, 1.807) is 31.4 Å². The van der Waals surface area contributed by atoms with Gasteiger partial charge in [-0.05, 0) is 90.7 Å². The summed E-state index contributed by atoms with van der Waals surface area (Å²) in [5, 5.41) is 9.80. The minimum atomic E-state index is -0.400. The van der Waals surface area contributed by atoms with E-state index in [0.29, 0.717) is 0 Å². The van der Waals surface area contributed by atoms with Crippen molar-refractivity contribution in [3.63, 3.8) is 0 Å². The molecule has 1 saturated carbocycles. The maximum Gasteiger partial charge on any atom is 0.293 e. The van der Waals surface area contributed by atoms with Gasteiger partial charge in [-0.2, -0.15) is 5.10 Å². The normalized spacial score (nSPS) is 20.0. The molecule has 2 atom stereocenters. The van der Waals surface area contributed by atoms with Crippen LogP contribution in [0.15, 0.2) is 82.0 Å². The van der Waals surface area contributed by atoms with Crippen LogP contribution in [0.2, 0.25) is 0 Å². The molecule has 1 amide bonds. The second-order valence-corrected chi connectivity index (χ2v) is 9.11. The first-order valence-electron chi connectivity index (χ1n) is 11.8. The molecule has 2 aromatic carbocycles. The van der Waals surface area contributed by atoms with Gasteiger partial charge in [-0.15, -0.1) is 0 Å². The van der Waals surface area contributed by atoms with Gasteiger partial charge in [0, 0.05) is 5.92 Å². The maximum absolute atomic E-state index is 12.7. The number of allylic oxidation sites excluding steroid dienone is 1. The number of hydrogen-bond acceptors (Lipinski definition) is 6. The smallest absolute Gasteiger partial charge is 0.293 e. The van der Waals surface area contributed by atoms with Gasteiger partial charge in [-0.1, -0.05) is 24.3 Å². The lowest BCUT2D eigenvalue weighted by Gasteiger charge is -2.30. The van der Waals surface area contributed by atoms with E-state index in [1.807, 2.05) is 48.5 Å². The Balaban J connectivity index is 1.49. The van der Waals surface area contributed by atoms with Crippen LogP contribution in [0.4, 0.5) is 0 Å². The molecule has 1 N–H and O–H groups in total. The molecule has 2 aliphatic rings. The van der Waals surface area contributed by atoms with Gasteiger partial charge >= 0.3 is 0 Å². The van der Waals surface area contributed by atoms with Crippen molar-refractivity contribution in [2.45, 2.75) is 25.3 Å². The van der Waals surface area contributed by atoms with Gasteiger partial charge in [0.25, 0.3) is 5.91 Å². The SMILES string of the molecule is COc1ccc(/C=C2/CCCC3C2=NN(C(=S)NC(=O)c2ccco2)C3c2ccc(OC)cc2)cc1. The monoisotopic (exact) mass is 501 g/mol. The molecule has 0 bridgehead atoms. The van der Waals surface area contributed by atoms with E-state index in [-0.39, 0.29) is 22.8 Å². The number of fused-ring (bicyclic) bond motifs is 1. The fourth-order valence-corrected chi connectivity index (χ4v) is 5.07. The lowest BCUT2D eigenvalue weighted by molar-refractivity contribution is 0.0944. The summed E-state index contributed by atoms with van der Waals surface area (Å²) in [6, 6.07) is 19.1. The second-order valence-electron chi connectivity index (χ2n) is 8.73. The van der Waals surface area contributed by atoms with Gasteiger partial charge in [-0.25, -0.2) is 5.01 Å². The fraction of sp³-hybridized carbons (Fsp3) is 0.250. The number of methoxy groups -OCH3 is 2. The number of nitrogens with zero attached hydrogens (tertiary/aromatic N) is 2. The zero-order valence-electron chi connectivity index (χ0n) is 20.1. The molecule has 36 heavy (non-hydrogen) atoms. The number of hydrogen-bond donors (Lipinski definition) is 1. The molecule has 0 spiro atoms. The number of furan rings is 1. The Bertz CT molecular complexity index is 1300. The number of ether oxygens (including phenoxy) is 2. The molecule has 5 rings (SSSR count). The van der Waals surface area contributed by atoms with Crippen LogP contribution in [0, 0.1) is 5.92 Å². The van der Waals surface area contributed by atoms with Gasteiger partial charge < -0.3 is 13.9 Å². The summed E-state index contributed by atoms with van der Waals surface area (Å²) in [5.74, 6) is 1.53. The van der Waals surface area contributed by atoms with Crippen molar-refractivity contribution < 1.29 is 18.7 Å². The number of thiocarbonyl (C=S) groups is 1. The second kappa shape index (κ2) is 10.4. The van der Waals surface area contributed by atoms with Crippen LogP contribution in [-0.2, 0) is 0 Å². The van der Waals surface area contributed by atoms with E-state index in [2.05, 4.69) is 11.4 Å². The molecule has 0 saturated heterocycles. The number of nitrogens with one attached hydrogen (secondary N) is 1. The van der Waals surface area contributed by atoms with Gasteiger partial charge in [0.1, 0.15) is 11.5 Å². The van der Waals surface area contributed by atoms with Crippen molar-refractivity contribution in [3.8, 4) is 11.5 Å². The molecule has 8 heteroatoms. The summed E-state index contributed by atoms with van der Waals surface area (Å²) >= 11 is 5.70. The van der Waals surface area contributed by atoms with Gasteiger partial charge in [-0.3, -0.25) is 10.1 Å². The van der Waals surface area contributed by atoms with Crippen LogP contribution in [0.1, 0.15) is 47.0 Å². The Hall–Kier alpha value is -3.91. The summed E-state index contributed by atoms with van der Waals surface area (Å²) in [5.41, 5.74) is 4.33. The van der Waals surface area contributed by atoms with Crippen LogP contribution in [0.25, 0.3) is 6.08 Å². The van der Waals surface area contributed by atoms with Gasteiger partial charge in [0.2, 0.25) is 0 Å². The van der Waals surface area contributed by atoms with E-state index in [0.717, 1.165) is 47.6 Å². The first-order chi connectivity index (χ1) is 17.6. The third-order valence-electron chi connectivity index (χ3n) is 6.59. The Morgan fingerprint density at radius 2 is 1.78 bits per heavy atom. The van der Waals surface area contributed by atoms with Crippen molar-refractivity contribution in [2.75, 3.05) is 14.2 Å². The van der Waals surface area contributed by atoms with Crippen molar-refractivity contribution in [2.24, 2.45) is 11.0 Å². The molecule has 0 radical (unpaired) electrons. The standard InChI is InChI=1S/C28H27N3O4S/c1-33-21-12-8-18(9-13-21)17-20-5-3-6-23-25(20)30-31(26(23)19-10-14-22(34-2)15-11-19)28(36)29-27(32)24-7-4-16-35-24/h4,7-17,23,26H,3,5-6H2,1-2H3,(H,29,32,36)/b20-17-. The van der Waals surface area contributed by atoms with Crippen molar-refractivity contribution in [3.05, 3.63) is 89.4 Å². The molecule has 1 aliphatic carbocycles. The number of rotatable bonds is 5. The molecule has 7 nitrogen and oxygen atoms in total. The third kappa shape index (κ3) is 4.77. The van der Waals surface area contributed by atoms with Crippen molar-refractivity contribution in [1.82, 2.24) is 10.3 Å². The average molecular weight is 502 g/mol. The molecule has 1 aromatic heterocycles. The predicted octanol–water partition coefficient (Wildman–Crippen LogP) is 5.61. The number of benzene rings is 2. The molecule has 3 aromatic rings. The highest BCUT2D eigenvalue weighted by Gasteiger charge is 2.43. The highest BCUT2D eigenvalue weighted by Crippen LogP contribution is 2.44. The van der Waals surface area contributed by atoms with Crippen molar-refractivity contribution in [1.29, 1.82) is 0 Å². The number of hydrazone groups is 1. The topological polar surface area (TPSA) is 76.3 Å². The molecule has 1 aliphatic heterocycles. The summed E-state index contributed by atoms with van der Waals surface area (Å²) in [6.45, 7) is 0. The Morgan fingerprint density at radius 3 is 2.42 bits per heavy atom. The average Bonchev–Trinajstić information content (AvgIpc) is 3.58. The molecule has 2 unspecified atom stereocenters. The Kier molecular flexibility index (Phi) is 6.86. The van der Waals surface area contributed by atoms with Crippen LogP contribution in [0.3, 0.4) is 0 Å². The van der Waals surface area contributed by atoms with E-state index in [4.69, 9.17) is 31.2 Å². The molecule has 1 fully saturated rings. The van der Waals surface area contributed by atoms with E-state index >= 15 is 0 Å². The lowest BCUT2D eigenvalue weighted by Crippen LogP contribution is -2.41. The van der Waals surface area contributed by atoms with Crippen LogP contribution in [0.5, 0.6) is 11.5 Å². The van der Waals surface area contributed by atoms with E-state index in [1.165, 1.54) is 11.8 Å². The minimum absolute atomic E-state index is 0.134. The Labute approximate surface area is 215 Å². The van der Waals surface area contributed by atoms with Crippen molar-refractivity contribution >= 4 is 35.0 Å². The maximum atomic E-state index is 12.7. The van der Waals surface area contributed by atoms with Crippen LogP contribution < -0.4 is 14.8 Å². The molecular formula is C28H27N3O4S. The quantitative estimate of drug-likeness (QED) is 0.458. The van der Waals surface area contributed by atoms with E-state index < -0.39 is 5.91 Å². The zero-order valence-corrected chi connectivity index (χ0v) is 21.0. The predicted molar refractivity (Wildman–Crippen MR) is 142 cm³/mol. The van der Waals surface area contributed by atoms with Crippen LogP contribution in [-0.4, -0.2) is 36.0 Å². The zero-order chi connectivity index (χ0) is 25.1. The highest BCUT2D eigenvalue weighted by molar-refractivity contribution is 7.80. The number of carbonyl (C=O) groups is 1. The summed E-state index contributed by atoms with van der Waals surface area (Å²) < 4.78 is 15.9. The fourth-order valence-electron chi connectivity index (χ4n) is 4.83. The third-order valence-corrected chi connectivity index (χ3v) is 6.88. The summed E-state index contributed by atoms with van der Waals surface area (Å²) in [4.78, 5) is 12.7. The number of carbonyl (C=O) groups excluding carboxylic acids is 1. The minimum Gasteiger partial charge on any atom is -0.497 e. The summed E-state index contributed by atoms with van der Waals surface area (Å²) in [7, 11) is 3.31. The largest absolute Gasteiger partial charge is 0.497 e. The molecular weight excluding hydrogens is 474 g/mol. The highest BCUT2D eigenvalue weighted by atomic mass is 32.1. The van der Waals surface area contributed by atoms with Gasteiger partial charge in [0.15, 0.2) is 10.9 Å². The first-order valence-corrected chi connectivity index (χ1v) is 12.2.